The van der Waals surface area contributed by atoms with Gasteiger partial charge in [-0.15, -0.1) is 0 Å². The van der Waals surface area contributed by atoms with E-state index in [0.29, 0.717) is 11.4 Å². The second-order valence-electron chi connectivity index (χ2n) is 5.16. The van der Waals surface area contributed by atoms with E-state index in [1.54, 1.807) is 18.3 Å². The molecule has 0 radical (unpaired) electrons. The van der Waals surface area contributed by atoms with Gasteiger partial charge in [0.1, 0.15) is 5.82 Å². The third kappa shape index (κ3) is 2.13. The Hall–Kier alpha value is -2.36. The molecule has 2 aromatic rings. The number of aromatic nitrogens is 1. The predicted octanol–water partition coefficient (Wildman–Crippen LogP) is 2.65. The maximum absolute atomic E-state index is 12.8. The molecule has 20 heavy (non-hydrogen) atoms. The highest BCUT2D eigenvalue weighted by atomic mass is 16.2. The van der Waals surface area contributed by atoms with E-state index in [4.69, 9.17) is 5.73 Å². The van der Waals surface area contributed by atoms with Gasteiger partial charge in [0.25, 0.3) is 5.91 Å². The number of carbonyl (C=O) groups is 1. The standard InChI is InChI=1S/C16H17N3O/c1-11-6-7-12-4-2-3-5-14(12)19(11)16(20)13-8-9-18-15(17)10-13/h2-5,8-11H,6-7H2,1H3,(H2,17,18). The molecule has 1 aromatic heterocycles. The number of pyridine rings is 1. The first kappa shape index (κ1) is 12.7. The fourth-order valence-electron chi connectivity index (χ4n) is 2.72. The summed E-state index contributed by atoms with van der Waals surface area (Å²) in [7, 11) is 0. The van der Waals surface area contributed by atoms with E-state index in [1.807, 2.05) is 23.1 Å². The fraction of sp³-hybridized carbons (Fsp3) is 0.250. The molecule has 0 aliphatic carbocycles. The molecular formula is C16H17N3O. The van der Waals surface area contributed by atoms with Gasteiger partial charge in [0, 0.05) is 23.5 Å². The third-order valence-electron chi connectivity index (χ3n) is 3.77. The van der Waals surface area contributed by atoms with Crippen LogP contribution in [0.3, 0.4) is 0 Å². The number of benzene rings is 1. The molecule has 1 aromatic carbocycles. The van der Waals surface area contributed by atoms with E-state index in [9.17, 15) is 4.79 Å². The first-order chi connectivity index (χ1) is 9.66. The Morgan fingerprint density at radius 1 is 1.35 bits per heavy atom. The minimum atomic E-state index is -0.0150. The highest BCUT2D eigenvalue weighted by molar-refractivity contribution is 6.07. The summed E-state index contributed by atoms with van der Waals surface area (Å²) in [6, 6.07) is 11.6. The topological polar surface area (TPSA) is 59.2 Å². The number of nitrogen functional groups attached to an aromatic ring is 1. The number of nitrogens with zero attached hydrogens (tertiary/aromatic N) is 2. The van der Waals surface area contributed by atoms with Crippen LogP contribution in [0.25, 0.3) is 0 Å². The van der Waals surface area contributed by atoms with Crippen molar-refractivity contribution in [2.45, 2.75) is 25.8 Å². The summed E-state index contributed by atoms with van der Waals surface area (Å²) in [5.74, 6) is 0.354. The largest absolute Gasteiger partial charge is 0.384 e. The van der Waals surface area contributed by atoms with Gasteiger partial charge in [0.2, 0.25) is 0 Å². The Morgan fingerprint density at radius 2 is 2.15 bits per heavy atom. The third-order valence-corrected chi connectivity index (χ3v) is 3.77. The van der Waals surface area contributed by atoms with E-state index in [1.165, 1.54) is 5.56 Å². The molecule has 1 unspecified atom stereocenters. The van der Waals surface area contributed by atoms with Crippen LogP contribution >= 0.6 is 0 Å². The number of nitrogens with two attached hydrogens (primary N) is 1. The van der Waals surface area contributed by atoms with Crippen LogP contribution in [0.5, 0.6) is 0 Å². The quantitative estimate of drug-likeness (QED) is 0.864. The highest BCUT2D eigenvalue weighted by Gasteiger charge is 2.28. The van der Waals surface area contributed by atoms with Crippen molar-refractivity contribution < 1.29 is 4.79 Å². The molecule has 1 aliphatic rings. The summed E-state index contributed by atoms with van der Waals surface area (Å²) in [5, 5.41) is 0. The van der Waals surface area contributed by atoms with Crippen LogP contribution in [0.15, 0.2) is 42.6 Å². The molecule has 0 saturated carbocycles. The molecule has 4 heteroatoms. The summed E-state index contributed by atoms with van der Waals surface area (Å²) in [6.45, 7) is 2.08. The maximum Gasteiger partial charge on any atom is 0.258 e. The lowest BCUT2D eigenvalue weighted by Gasteiger charge is -2.35. The molecule has 0 bridgehead atoms. The minimum absolute atomic E-state index is 0.0150. The van der Waals surface area contributed by atoms with Gasteiger partial charge in [0.05, 0.1) is 0 Å². The smallest absolute Gasteiger partial charge is 0.258 e. The summed E-state index contributed by atoms with van der Waals surface area (Å²) in [5.41, 5.74) is 8.49. The van der Waals surface area contributed by atoms with Gasteiger partial charge in [-0.25, -0.2) is 4.98 Å². The van der Waals surface area contributed by atoms with Crippen LogP contribution in [0, 0.1) is 0 Å². The zero-order valence-corrected chi connectivity index (χ0v) is 11.4. The van der Waals surface area contributed by atoms with E-state index >= 15 is 0 Å². The van der Waals surface area contributed by atoms with Crippen molar-refractivity contribution in [3.8, 4) is 0 Å². The lowest BCUT2D eigenvalue weighted by molar-refractivity contribution is 0.0975. The molecule has 0 saturated heterocycles. The second-order valence-corrected chi connectivity index (χ2v) is 5.16. The molecule has 1 aliphatic heterocycles. The molecular weight excluding hydrogens is 250 g/mol. The first-order valence-corrected chi connectivity index (χ1v) is 6.80. The van der Waals surface area contributed by atoms with Crippen LogP contribution in [-0.4, -0.2) is 16.9 Å². The Balaban J connectivity index is 2.03. The average molecular weight is 267 g/mol. The summed E-state index contributed by atoms with van der Waals surface area (Å²) >= 11 is 0. The van der Waals surface area contributed by atoms with Crippen LogP contribution in [0.2, 0.25) is 0 Å². The minimum Gasteiger partial charge on any atom is -0.384 e. The second kappa shape index (κ2) is 4.96. The summed E-state index contributed by atoms with van der Waals surface area (Å²) in [6.07, 6.45) is 3.56. The molecule has 4 nitrogen and oxygen atoms in total. The van der Waals surface area contributed by atoms with Crippen LogP contribution < -0.4 is 10.6 Å². The zero-order valence-electron chi connectivity index (χ0n) is 11.4. The van der Waals surface area contributed by atoms with Gasteiger partial charge in [0.15, 0.2) is 0 Å². The van der Waals surface area contributed by atoms with Gasteiger partial charge in [-0.2, -0.15) is 0 Å². The number of aryl methyl sites for hydroxylation is 1. The predicted molar refractivity (Wildman–Crippen MR) is 79.7 cm³/mol. The Kier molecular flexibility index (Phi) is 3.14. The Morgan fingerprint density at radius 3 is 2.95 bits per heavy atom. The lowest BCUT2D eigenvalue weighted by atomic mass is 9.96. The summed E-state index contributed by atoms with van der Waals surface area (Å²) in [4.78, 5) is 18.6. The zero-order chi connectivity index (χ0) is 14.1. The van der Waals surface area contributed by atoms with E-state index in [2.05, 4.69) is 18.0 Å². The molecule has 3 rings (SSSR count). The number of amides is 1. The average Bonchev–Trinajstić information content (AvgIpc) is 2.46. The van der Waals surface area contributed by atoms with E-state index in [0.717, 1.165) is 18.5 Å². The monoisotopic (exact) mass is 267 g/mol. The number of anilines is 2. The molecule has 1 atom stereocenters. The van der Waals surface area contributed by atoms with Crippen molar-refractivity contribution in [3.05, 3.63) is 53.7 Å². The van der Waals surface area contributed by atoms with Gasteiger partial charge in [-0.3, -0.25) is 4.79 Å². The molecule has 102 valence electrons. The van der Waals surface area contributed by atoms with Crippen molar-refractivity contribution in [1.82, 2.24) is 4.98 Å². The van der Waals surface area contributed by atoms with Crippen molar-refractivity contribution in [3.63, 3.8) is 0 Å². The number of para-hydroxylation sites is 1. The van der Waals surface area contributed by atoms with Gasteiger partial charge >= 0.3 is 0 Å². The maximum atomic E-state index is 12.8. The Bertz CT molecular complexity index is 654. The normalized spacial score (nSPS) is 17.6. The number of fused-ring (bicyclic) bond motifs is 1. The van der Waals surface area contributed by atoms with Crippen molar-refractivity contribution in [2.24, 2.45) is 0 Å². The molecule has 0 fully saturated rings. The number of carbonyl (C=O) groups excluding carboxylic acids is 1. The van der Waals surface area contributed by atoms with Crippen LogP contribution in [0.4, 0.5) is 11.5 Å². The lowest BCUT2D eigenvalue weighted by Crippen LogP contribution is -2.42. The van der Waals surface area contributed by atoms with Crippen LogP contribution in [-0.2, 0) is 6.42 Å². The van der Waals surface area contributed by atoms with Crippen molar-refractivity contribution in [2.75, 3.05) is 10.6 Å². The summed E-state index contributed by atoms with van der Waals surface area (Å²) < 4.78 is 0. The van der Waals surface area contributed by atoms with Gasteiger partial charge in [-0.05, 0) is 43.5 Å². The van der Waals surface area contributed by atoms with Crippen LogP contribution in [0.1, 0.15) is 29.3 Å². The molecule has 2 N–H and O–H groups in total. The number of rotatable bonds is 1. The van der Waals surface area contributed by atoms with Gasteiger partial charge < -0.3 is 10.6 Å². The van der Waals surface area contributed by atoms with Crippen molar-refractivity contribution >= 4 is 17.4 Å². The molecule has 0 spiro atoms. The van der Waals surface area contributed by atoms with Crippen molar-refractivity contribution in [1.29, 1.82) is 0 Å². The molecule has 1 amide bonds. The van der Waals surface area contributed by atoms with Gasteiger partial charge in [-0.1, -0.05) is 18.2 Å². The van der Waals surface area contributed by atoms with E-state index in [-0.39, 0.29) is 11.9 Å². The SMILES string of the molecule is CC1CCc2ccccc2N1C(=O)c1ccnc(N)c1. The van der Waals surface area contributed by atoms with E-state index < -0.39 is 0 Å². The first-order valence-electron chi connectivity index (χ1n) is 6.80. The number of hydrogen-bond donors (Lipinski definition) is 1. The number of hydrogen-bond acceptors (Lipinski definition) is 3. The Labute approximate surface area is 118 Å². The fourth-order valence-corrected chi connectivity index (χ4v) is 2.72. The molecule has 2 heterocycles. The highest BCUT2D eigenvalue weighted by Crippen LogP contribution is 2.31.